The van der Waals surface area contributed by atoms with E-state index >= 15 is 0 Å². The molecule has 3 atom stereocenters. The average molecular weight is 428 g/mol. The summed E-state index contributed by atoms with van der Waals surface area (Å²) in [5.41, 5.74) is 2.11. The zero-order valence-electron chi connectivity index (χ0n) is 16.9. The molecule has 0 aromatic heterocycles. The van der Waals surface area contributed by atoms with Crippen molar-refractivity contribution in [2.75, 3.05) is 19.6 Å². The van der Waals surface area contributed by atoms with Crippen LogP contribution in [0.25, 0.3) is 0 Å². The molecule has 2 aromatic carbocycles. The van der Waals surface area contributed by atoms with Crippen LogP contribution in [0.15, 0.2) is 53.5 Å². The summed E-state index contributed by atoms with van der Waals surface area (Å²) in [6.45, 7) is 4.10. The molecule has 158 valence electrons. The number of nitrogens with zero attached hydrogens (tertiary/aromatic N) is 1. The van der Waals surface area contributed by atoms with Gasteiger partial charge in [0.2, 0.25) is 0 Å². The molecular formula is C23H26ClN3O3. The highest BCUT2D eigenvalue weighted by atomic mass is 35.5. The summed E-state index contributed by atoms with van der Waals surface area (Å²) in [7, 11) is 0. The molecular weight excluding hydrogens is 402 g/mol. The normalized spacial score (nSPS) is 21.1. The molecule has 1 saturated heterocycles. The quantitative estimate of drug-likeness (QED) is 0.608. The summed E-state index contributed by atoms with van der Waals surface area (Å²) < 4.78 is 6.17. The lowest BCUT2D eigenvalue weighted by atomic mass is 9.80. The number of alkyl halides is 1. The van der Waals surface area contributed by atoms with Gasteiger partial charge in [0.1, 0.15) is 16.3 Å². The SMILES string of the molecule is CCC(CC(Cl)(C1=Nc2ccccc2Oc2ccccc21)C1CNCCN1)C(=O)O. The number of piperazine rings is 1. The predicted octanol–water partition coefficient (Wildman–Crippen LogP) is 3.95. The Hall–Kier alpha value is -2.41. The fourth-order valence-corrected chi connectivity index (χ4v) is 4.63. The maximum atomic E-state index is 11.9. The van der Waals surface area contributed by atoms with Gasteiger partial charge < -0.3 is 20.5 Å². The van der Waals surface area contributed by atoms with Gasteiger partial charge in [-0.2, -0.15) is 0 Å². The van der Waals surface area contributed by atoms with Crippen molar-refractivity contribution >= 4 is 29.0 Å². The molecule has 0 amide bonds. The smallest absolute Gasteiger partial charge is 0.306 e. The van der Waals surface area contributed by atoms with Gasteiger partial charge in [0, 0.05) is 31.2 Å². The van der Waals surface area contributed by atoms with Crippen LogP contribution >= 0.6 is 11.6 Å². The minimum Gasteiger partial charge on any atom is -0.481 e. The van der Waals surface area contributed by atoms with Gasteiger partial charge in [-0.15, -0.1) is 11.6 Å². The van der Waals surface area contributed by atoms with Gasteiger partial charge in [-0.3, -0.25) is 4.79 Å². The van der Waals surface area contributed by atoms with Gasteiger partial charge in [-0.05, 0) is 37.1 Å². The first-order valence-corrected chi connectivity index (χ1v) is 10.7. The van der Waals surface area contributed by atoms with E-state index in [1.54, 1.807) is 0 Å². The van der Waals surface area contributed by atoms with Crippen molar-refractivity contribution in [1.29, 1.82) is 0 Å². The minimum absolute atomic E-state index is 0.182. The molecule has 1 fully saturated rings. The number of fused-ring (bicyclic) bond motifs is 2. The number of para-hydroxylation sites is 3. The largest absolute Gasteiger partial charge is 0.481 e. The fraction of sp³-hybridized carbons (Fsp3) is 0.391. The third-order valence-corrected chi connectivity index (χ3v) is 6.43. The molecule has 4 rings (SSSR count). The highest BCUT2D eigenvalue weighted by Crippen LogP contribution is 2.43. The van der Waals surface area contributed by atoms with E-state index in [1.807, 2.05) is 55.5 Å². The van der Waals surface area contributed by atoms with E-state index in [9.17, 15) is 9.90 Å². The van der Waals surface area contributed by atoms with Crippen molar-refractivity contribution in [3.63, 3.8) is 0 Å². The van der Waals surface area contributed by atoms with Gasteiger partial charge in [-0.25, -0.2) is 4.99 Å². The van der Waals surface area contributed by atoms with Crippen LogP contribution in [0.1, 0.15) is 25.3 Å². The van der Waals surface area contributed by atoms with Gasteiger partial charge in [-0.1, -0.05) is 31.2 Å². The lowest BCUT2D eigenvalue weighted by Crippen LogP contribution is -2.61. The van der Waals surface area contributed by atoms with Crippen LogP contribution in [0, 0.1) is 5.92 Å². The first-order chi connectivity index (χ1) is 14.5. The van der Waals surface area contributed by atoms with E-state index in [-0.39, 0.29) is 12.5 Å². The second-order valence-corrected chi connectivity index (χ2v) is 8.42. The Balaban J connectivity index is 1.89. The van der Waals surface area contributed by atoms with Crippen LogP contribution < -0.4 is 15.4 Å². The Morgan fingerprint density at radius 3 is 2.67 bits per heavy atom. The van der Waals surface area contributed by atoms with Crippen molar-refractivity contribution in [2.24, 2.45) is 10.9 Å². The number of carbonyl (C=O) groups is 1. The Morgan fingerprint density at radius 1 is 1.23 bits per heavy atom. The summed E-state index contributed by atoms with van der Waals surface area (Å²) in [6, 6.07) is 15.1. The molecule has 7 heteroatoms. The van der Waals surface area contributed by atoms with Crippen LogP contribution in [0.5, 0.6) is 11.5 Å². The standard InChI is InChI=1S/C23H26ClN3O3/c1-2-15(22(28)29)13-23(24,20-14-25-11-12-26-20)21-16-7-3-5-9-18(16)30-19-10-6-4-8-17(19)27-21/h3-10,15,20,25-26H,2,11-14H2,1H3,(H,28,29). The molecule has 0 aliphatic carbocycles. The topological polar surface area (TPSA) is 83.0 Å². The average Bonchev–Trinajstić information content (AvgIpc) is 2.95. The maximum absolute atomic E-state index is 11.9. The molecule has 2 heterocycles. The Bertz CT molecular complexity index is 958. The minimum atomic E-state index is -1.04. The third kappa shape index (κ3) is 3.95. The number of halogens is 1. The Labute approximate surface area is 181 Å². The van der Waals surface area contributed by atoms with Crippen LogP contribution in [-0.2, 0) is 4.79 Å². The van der Waals surface area contributed by atoms with E-state index in [1.165, 1.54) is 0 Å². The van der Waals surface area contributed by atoms with E-state index in [0.29, 0.717) is 35.9 Å². The van der Waals surface area contributed by atoms with Crippen molar-refractivity contribution in [3.8, 4) is 11.5 Å². The molecule has 0 saturated carbocycles. The molecule has 6 nitrogen and oxygen atoms in total. The summed E-state index contributed by atoms with van der Waals surface area (Å²) in [5, 5.41) is 16.7. The van der Waals surface area contributed by atoms with Gasteiger partial charge >= 0.3 is 5.97 Å². The highest BCUT2D eigenvalue weighted by Gasteiger charge is 2.46. The number of hydrogen-bond donors (Lipinski definition) is 3. The van der Waals surface area contributed by atoms with Crippen LogP contribution in [-0.4, -0.2) is 47.3 Å². The van der Waals surface area contributed by atoms with E-state index in [2.05, 4.69) is 10.6 Å². The molecule has 0 bridgehead atoms. The van der Waals surface area contributed by atoms with E-state index < -0.39 is 16.8 Å². The van der Waals surface area contributed by atoms with Gasteiger partial charge in [0.25, 0.3) is 0 Å². The lowest BCUT2D eigenvalue weighted by molar-refractivity contribution is -0.142. The second kappa shape index (κ2) is 8.76. The third-order valence-electron chi connectivity index (χ3n) is 5.83. The number of aliphatic imine (C=N–C) groups is 1. The highest BCUT2D eigenvalue weighted by molar-refractivity contribution is 6.40. The van der Waals surface area contributed by atoms with Gasteiger partial charge in [0.15, 0.2) is 5.75 Å². The van der Waals surface area contributed by atoms with Crippen molar-refractivity contribution in [3.05, 3.63) is 54.1 Å². The number of nitrogens with one attached hydrogen (secondary N) is 2. The van der Waals surface area contributed by atoms with Crippen molar-refractivity contribution < 1.29 is 14.6 Å². The first kappa shape index (κ1) is 20.8. The summed E-state index contributed by atoms with van der Waals surface area (Å²) in [6.07, 6.45) is 0.751. The van der Waals surface area contributed by atoms with Crippen LogP contribution in [0.4, 0.5) is 5.69 Å². The molecule has 3 N–H and O–H groups in total. The van der Waals surface area contributed by atoms with Crippen LogP contribution in [0.3, 0.4) is 0 Å². The molecule has 2 aliphatic rings. The molecule has 2 aliphatic heterocycles. The van der Waals surface area contributed by atoms with Crippen molar-refractivity contribution in [2.45, 2.75) is 30.7 Å². The zero-order chi connectivity index (χ0) is 21.1. The van der Waals surface area contributed by atoms with Gasteiger partial charge in [0.05, 0.1) is 11.6 Å². The molecule has 2 aromatic rings. The second-order valence-electron chi connectivity index (χ2n) is 7.75. The monoisotopic (exact) mass is 427 g/mol. The van der Waals surface area contributed by atoms with E-state index in [0.717, 1.165) is 18.7 Å². The molecule has 30 heavy (non-hydrogen) atoms. The Kier molecular flexibility index (Phi) is 6.09. The number of aliphatic carboxylic acids is 1. The molecule has 3 unspecified atom stereocenters. The summed E-state index contributed by atoms with van der Waals surface area (Å²) in [5.74, 6) is -0.108. The van der Waals surface area contributed by atoms with Crippen LogP contribution in [0.2, 0.25) is 0 Å². The van der Waals surface area contributed by atoms with E-state index in [4.69, 9.17) is 21.3 Å². The number of rotatable bonds is 6. The molecule has 0 radical (unpaired) electrons. The number of benzene rings is 2. The first-order valence-electron chi connectivity index (χ1n) is 10.3. The number of ether oxygens (including phenoxy) is 1. The zero-order valence-corrected chi connectivity index (χ0v) is 17.7. The molecule has 0 spiro atoms. The van der Waals surface area contributed by atoms with Crippen molar-refractivity contribution in [1.82, 2.24) is 10.6 Å². The maximum Gasteiger partial charge on any atom is 0.306 e. The number of carboxylic acid groups (broad SMARTS) is 1. The number of hydrogen-bond acceptors (Lipinski definition) is 5. The summed E-state index contributed by atoms with van der Waals surface area (Å²) >= 11 is 7.43. The summed E-state index contributed by atoms with van der Waals surface area (Å²) in [4.78, 5) is 15.9. The fourth-order valence-electron chi connectivity index (χ4n) is 4.15. The Morgan fingerprint density at radius 2 is 1.97 bits per heavy atom. The lowest BCUT2D eigenvalue weighted by Gasteiger charge is -2.41. The number of carboxylic acids is 1. The predicted molar refractivity (Wildman–Crippen MR) is 118 cm³/mol.